The number of fused-ring (bicyclic) bond motifs is 1. The van der Waals surface area contributed by atoms with Gasteiger partial charge in [-0.05, 0) is 56.1 Å². The second kappa shape index (κ2) is 6.52. The van der Waals surface area contributed by atoms with E-state index >= 15 is 0 Å². The molecule has 0 atom stereocenters. The van der Waals surface area contributed by atoms with Crippen molar-refractivity contribution in [2.24, 2.45) is 5.73 Å². The fourth-order valence-corrected chi connectivity index (χ4v) is 3.73. The molecule has 0 aliphatic carbocycles. The van der Waals surface area contributed by atoms with Crippen molar-refractivity contribution >= 4 is 27.4 Å². The topological polar surface area (TPSA) is 45.4 Å². The largest absolute Gasteiger partial charge is 0.360 e. The van der Waals surface area contributed by atoms with Crippen LogP contribution >= 0.6 is 11.5 Å². The minimum absolute atomic E-state index is 0.791. The molecular formula is C15H22N4S. The lowest BCUT2D eigenvalue weighted by Gasteiger charge is -2.22. The second-order valence-corrected chi connectivity index (χ2v) is 6.08. The van der Waals surface area contributed by atoms with Gasteiger partial charge in [-0.1, -0.05) is 12.1 Å². The number of benzene rings is 1. The van der Waals surface area contributed by atoms with Crippen LogP contribution in [0.2, 0.25) is 0 Å². The van der Waals surface area contributed by atoms with Crippen LogP contribution in [0.4, 0.5) is 5.00 Å². The summed E-state index contributed by atoms with van der Waals surface area (Å²) >= 11 is 1.64. The summed E-state index contributed by atoms with van der Waals surface area (Å²) in [6.45, 7) is 6.47. The lowest BCUT2D eigenvalue weighted by atomic mass is 10.2. The van der Waals surface area contributed by atoms with Crippen molar-refractivity contribution in [2.45, 2.75) is 12.8 Å². The summed E-state index contributed by atoms with van der Waals surface area (Å²) in [5.74, 6) is 0. The first-order chi connectivity index (χ1) is 9.88. The van der Waals surface area contributed by atoms with E-state index in [1.165, 1.54) is 23.4 Å². The smallest absolute Gasteiger partial charge is 0.120 e. The molecule has 1 aliphatic heterocycles. The zero-order chi connectivity index (χ0) is 13.8. The predicted molar refractivity (Wildman–Crippen MR) is 86.6 cm³/mol. The van der Waals surface area contributed by atoms with Gasteiger partial charge in [-0.3, -0.25) is 0 Å². The summed E-state index contributed by atoms with van der Waals surface area (Å²) in [5, 5.41) is 2.63. The molecule has 1 aromatic carbocycles. The van der Waals surface area contributed by atoms with Gasteiger partial charge in [-0.15, -0.1) is 0 Å². The minimum Gasteiger partial charge on any atom is -0.360 e. The summed E-state index contributed by atoms with van der Waals surface area (Å²) in [5.41, 5.74) is 6.73. The van der Waals surface area contributed by atoms with Crippen molar-refractivity contribution in [3.8, 4) is 0 Å². The van der Waals surface area contributed by atoms with Crippen molar-refractivity contribution < 1.29 is 0 Å². The van der Waals surface area contributed by atoms with Gasteiger partial charge in [0.25, 0.3) is 0 Å². The van der Waals surface area contributed by atoms with Crippen molar-refractivity contribution in [1.29, 1.82) is 0 Å². The maximum absolute atomic E-state index is 5.61. The standard InChI is InChI=1S/C15H22N4S/c16-7-3-8-18-9-4-10-19(12-11-18)15-13-5-1-2-6-14(13)17-20-15/h1-2,5-6H,3-4,7-12,16H2. The van der Waals surface area contributed by atoms with E-state index < -0.39 is 0 Å². The van der Waals surface area contributed by atoms with Gasteiger partial charge in [0.05, 0.1) is 5.52 Å². The van der Waals surface area contributed by atoms with Gasteiger partial charge in [0.2, 0.25) is 0 Å². The summed E-state index contributed by atoms with van der Waals surface area (Å²) in [7, 11) is 0. The van der Waals surface area contributed by atoms with E-state index in [0.29, 0.717) is 0 Å². The van der Waals surface area contributed by atoms with Crippen molar-refractivity contribution in [1.82, 2.24) is 9.27 Å². The van der Waals surface area contributed by atoms with Gasteiger partial charge in [-0.2, -0.15) is 4.37 Å². The van der Waals surface area contributed by atoms with Gasteiger partial charge < -0.3 is 15.5 Å². The van der Waals surface area contributed by atoms with Crippen LogP contribution in [0.25, 0.3) is 10.9 Å². The molecule has 1 aromatic heterocycles. The Kier molecular flexibility index (Phi) is 4.50. The van der Waals surface area contributed by atoms with E-state index in [1.807, 2.05) is 0 Å². The molecule has 0 bridgehead atoms. The number of aromatic nitrogens is 1. The Morgan fingerprint density at radius 2 is 2.05 bits per heavy atom. The Hall–Kier alpha value is -1.17. The average molecular weight is 290 g/mol. The quantitative estimate of drug-likeness (QED) is 0.937. The zero-order valence-electron chi connectivity index (χ0n) is 11.8. The highest BCUT2D eigenvalue weighted by molar-refractivity contribution is 7.11. The van der Waals surface area contributed by atoms with Crippen LogP contribution in [-0.4, -0.2) is 48.5 Å². The van der Waals surface area contributed by atoms with Crippen LogP contribution in [0.1, 0.15) is 12.8 Å². The molecule has 1 saturated heterocycles. The lowest BCUT2D eigenvalue weighted by molar-refractivity contribution is 0.291. The van der Waals surface area contributed by atoms with Gasteiger partial charge in [0, 0.05) is 25.0 Å². The molecule has 0 saturated carbocycles. The number of rotatable bonds is 4. The summed E-state index contributed by atoms with van der Waals surface area (Å²) < 4.78 is 4.56. The molecule has 1 fully saturated rings. The molecule has 5 heteroatoms. The lowest BCUT2D eigenvalue weighted by Crippen LogP contribution is -2.31. The fourth-order valence-electron chi connectivity index (χ4n) is 2.82. The summed E-state index contributed by atoms with van der Waals surface area (Å²) in [6, 6.07) is 8.44. The van der Waals surface area contributed by atoms with Gasteiger partial charge in [0.1, 0.15) is 5.00 Å². The Labute approximate surface area is 124 Å². The molecule has 0 unspecified atom stereocenters. The molecule has 4 nitrogen and oxygen atoms in total. The van der Waals surface area contributed by atoms with Crippen molar-refractivity contribution in [3.63, 3.8) is 0 Å². The highest BCUT2D eigenvalue weighted by Crippen LogP contribution is 2.31. The summed E-state index contributed by atoms with van der Waals surface area (Å²) in [4.78, 5) is 5.04. The molecule has 2 heterocycles. The van der Waals surface area contributed by atoms with Crippen LogP contribution in [0.15, 0.2) is 24.3 Å². The number of nitrogens with two attached hydrogens (primary N) is 1. The Morgan fingerprint density at radius 3 is 2.95 bits per heavy atom. The minimum atomic E-state index is 0.791. The third kappa shape index (κ3) is 2.95. The number of anilines is 1. The van der Waals surface area contributed by atoms with E-state index in [0.717, 1.165) is 44.7 Å². The third-order valence-corrected chi connectivity index (χ3v) is 4.86. The molecule has 108 valence electrons. The van der Waals surface area contributed by atoms with E-state index in [-0.39, 0.29) is 0 Å². The number of hydrogen-bond acceptors (Lipinski definition) is 5. The average Bonchev–Trinajstić information content (AvgIpc) is 2.77. The highest BCUT2D eigenvalue weighted by atomic mass is 32.1. The molecule has 2 aromatic rings. The van der Waals surface area contributed by atoms with E-state index in [1.54, 1.807) is 11.5 Å². The van der Waals surface area contributed by atoms with Crippen LogP contribution in [0, 0.1) is 0 Å². The number of nitrogens with zero attached hydrogens (tertiary/aromatic N) is 3. The fraction of sp³-hybridized carbons (Fsp3) is 0.533. The van der Waals surface area contributed by atoms with Gasteiger partial charge >= 0.3 is 0 Å². The molecule has 1 aliphatic rings. The van der Waals surface area contributed by atoms with Crippen molar-refractivity contribution in [2.75, 3.05) is 44.2 Å². The second-order valence-electron chi connectivity index (χ2n) is 5.33. The zero-order valence-corrected chi connectivity index (χ0v) is 12.6. The summed E-state index contributed by atoms with van der Waals surface area (Å²) in [6.07, 6.45) is 2.32. The third-order valence-electron chi connectivity index (χ3n) is 3.92. The molecule has 2 N–H and O–H groups in total. The Morgan fingerprint density at radius 1 is 1.15 bits per heavy atom. The SMILES string of the molecule is NCCCN1CCCN(c2snc3ccccc23)CC1. The maximum Gasteiger partial charge on any atom is 0.120 e. The first-order valence-corrected chi connectivity index (χ1v) is 8.17. The maximum atomic E-state index is 5.61. The predicted octanol–water partition coefficient (Wildman–Crippen LogP) is 2.16. The highest BCUT2D eigenvalue weighted by Gasteiger charge is 2.18. The Bertz CT molecular complexity index is 554. The first-order valence-electron chi connectivity index (χ1n) is 7.40. The van der Waals surface area contributed by atoms with Gasteiger partial charge in [0.15, 0.2) is 0 Å². The molecule has 20 heavy (non-hydrogen) atoms. The monoisotopic (exact) mass is 290 g/mol. The van der Waals surface area contributed by atoms with Crippen LogP contribution in [0.5, 0.6) is 0 Å². The van der Waals surface area contributed by atoms with Crippen LogP contribution in [-0.2, 0) is 0 Å². The van der Waals surface area contributed by atoms with Crippen LogP contribution < -0.4 is 10.6 Å². The van der Waals surface area contributed by atoms with E-state index in [2.05, 4.69) is 38.4 Å². The molecule has 0 amide bonds. The first kappa shape index (κ1) is 13.8. The van der Waals surface area contributed by atoms with E-state index in [9.17, 15) is 0 Å². The van der Waals surface area contributed by atoms with Crippen molar-refractivity contribution in [3.05, 3.63) is 24.3 Å². The molecular weight excluding hydrogens is 268 g/mol. The normalized spacial score (nSPS) is 17.6. The molecule has 0 spiro atoms. The van der Waals surface area contributed by atoms with Gasteiger partial charge in [-0.25, -0.2) is 0 Å². The van der Waals surface area contributed by atoms with Crippen LogP contribution in [0.3, 0.4) is 0 Å². The number of hydrogen-bond donors (Lipinski definition) is 1. The Balaban J connectivity index is 1.71. The molecule has 3 rings (SSSR count). The van der Waals surface area contributed by atoms with E-state index in [4.69, 9.17) is 5.73 Å². The molecule has 0 radical (unpaired) electrons.